The maximum absolute atomic E-state index is 13.0. The van der Waals surface area contributed by atoms with Crippen LogP contribution in [0, 0.1) is 5.92 Å². The minimum atomic E-state index is -0.595. The fourth-order valence-electron chi connectivity index (χ4n) is 4.50. The van der Waals surface area contributed by atoms with E-state index in [4.69, 9.17) is 0 Å². The van der Waals surface area contributed by atoms with Crippen LogP contribution >= 0.6 is 15.9 Å². The topological polar surface area (TPSA) is 69.6 Å². The van der Waals surface area contributed by atoms with Gasteiger partial charge in [0.25, 0.3) is 5.91 Å². The molecule has 1 heterocycles. The number of carbonyl (C=O) groups is 2. The highest BCUT2D eigenvalue weighted by Gasteiger charge is 2.31. The number of nitrogens with zero attached hydrogens (tertiary/aromatic N) is 1. The maximum atomic E-state index is 13.0. The Bertz CT molecular complexity index is 989. The van der Waals surface area contributed by atoms with Crippen molar-refractivity contribution in [2.45, 2.75) is 57.6 Å². The van der Waals surface area contributed by atoms with E-state index in [1.165, 1.54) is 0 Å². The Balaban J connectivity index is 1.35. The number of fused-ring (bicyclic) bond motifs is 1. The highest BCUT2D eigenvalue weighted by molar-refractivity contribution is 9.10. The first kappa shape index (κ1) is 23.0. The number of carbonyl (C=O) groups excluding carboxylic acids is 2. The molecule has 0 spiro atoms. The van der Waals surface area contributed by atoms with Crippen LogP contribution in [0.5, 0.6) is 0 Å². The number of amides is 2. The fourth-order valence-corrected chi connectivity index (χ4v) is 4.88. The Kier molecular flexibility index (Phi) is 7.31. The van der Waals surface area contributed by atoms with Crippen LogP contribution in [-0.4, -0.2) is 41.0 Å². The van der Waals surface area contributed by atoms with Crippen molar-refractivity contribution in [2.75, 3.05) is 13.1 Å². The normalized spacial score (nSPS) is 18.9. The van der Waals surface area contributed by atoms with Crippen LogP contribution in [0.1, 0.15) is 65.6 Å². The van der Waals surface area contributed by atoms with Gasteiger partial charge in [-0.1, -0.05) is 47.1 Å². The van der Waals surface area contributed by atoms with Gasteiger partial charge in [0, 0.05) is 41.5 Å². The lowest BCUT2D eigenvalue weighted by Crippen LogP contribution is -2.44. The van der Waals surface area contributed by atoms with Gasteiger partial charge in [-0.25, -0.2) is 0 Å². The van der Waals surface area contributed by atoms with E-state index in [1.54, 1.807) is 4.90 Å². The van der Waals surface area contributed by atoms with Crippen molar-refractivity contribution in [2.24, 2.45) is 5.92 Å². The number of rotatable bonds is 9. The number of aryl methyl sites for hydroxylation is 1. The molecule has 2 unspecified atom stereocenters. The van der Waals surface area contributed by atoms with Crippen LogP contribution in [0.3, 0.4) is 0 Å². The van der Waals surface area contributed by atoms with E-state index >= 15 is 0 Å². The standard InChI is InChI=1S/C26H31BrN2O3/c1-2-17-15-29(26(32)23-12-10-21(27)13-24(17)23)16-22(30)11-9-18-5-3-4-6-20(18)14-28-25(31)19-7-8-19/h3-6,10,12-13,17,19,22,30H,2,7-9,11,14-16H2,1H3,(H,28,31). The van der Waals surface area contributed by atoms with Gasteiger partial charge >= 0.3 is 0 Å². The minimum absolute atomic E-state index is 0.000520. The van der Waals surface area contributed by atoms with E-state index in [2.05, 4.69) is 34.2 Å². The third kappa shape index (κ3) is 5.41. The molecular weight excluding hydrogens is 468 g/mol. The van der Waals surface area contributed by atoms with Gasteiger partial charge in [0.15, 0.2) is 0 Å². The number of aliphatic hydroxyl groups excluding tert-OH is 1. The molecule has 6 heteroatoms. The zero-order valence-corrected chi connectivity index (χ0v) is 20.1. The smallest absolute Gasteiger partial charge is 0.254 e. The monoisotopic (exact) mass is 498 g/mol. The highest BCUT2D eigenvalue weighted by atomic mass is 79.9. The van der Waals surface area contributed by atoms with Crippen LogP contribution in [0.2, 0.25) is 0 Å². The predicted octanol–water partition coefficient (Wildman–Crippen LogP) is 4.42. The highest BCUT2D eigenvalue weighted by Crippen LogP contribution is 2.33. The largest absolute Gasteiger partial charge is 0.391 e. The Morgan fingerprint density at radius 2 is 1.97 bits per heavy atom. The van der Waals surface area contributed by atoms with Gasteiger partial charge in [0.1, 0.15) is 0 Å². The molecule has 2 aliphatic rings. The summed E-state index contributed by atoms with van der Waals surface area (Å²) in [6.07, 6.45) is 3.62. The summed E-state index contributed by atoms with van der Waals surface area (Å²) in [5.41, 5.74) is 4.07. The molecule has 0 aromatic heterocycles. The first-order valence-corrected chi connectivity index (χ1v) is 12.4. The molecule has 2 atom stereocenters. The lowest BCUT2D eigenvalue weighted by atomic mass is 9.87. The average molecular weight is 499 g/mol. The average Bonchev–Trinajstić information content (AvgIpc) is 3.64. The molecule has 1 aliphatic carbocycles. The summed E-state index contributed by atoms with van der Waals surface area (Å²) in [5.74, 6) is 0.619. The number of hydrogen-bond acceptors (Lipinski definition) is 3. The summed E-state index contributed by atoms with van der Waals surface area (Å²) in [6.45, 7) is 3.64. The molecule has 0 bridgehead atoms. The molecule has 4 rings (SSSR count). The van der Waals surface area contributed by atoms with Crippen LogP contribution in [-0.2, 0) is 17.8 Å². The third-order valence-electron chi connectivity index (χ3n) is 6.60. The Labute approximate surface area is 198 Å². The van der Waals surface area contributed by atoms with Gasteiger partial charge in [0.2, 0.25) is 5.91 Å². The molecule has 1 saturated carbocycles. The van der Waals surface area contributed by atoms with Crippen molar-refractivity contribution < 1.29 is 14.7 Å². The summed E-state index contributed by atoms with van der Waals surface area (Å²) >= 11 is 3.51. The summed E-state index contributed by atoms with van der Waals surface area (Å²) < 4.78 is 0.989. The molecule has 170 valence electrons. The summed E-state index contributed by atoms with van der Waals surface area (Å²) in [6, 6.07) is 13.9. The molecule has 0 radical (unpaired) electrons. The number of nitrogens with one attached hydrogen (secondary N) is 1. The first-order chi connectivity index (χ1) is 15.5. The molecule has 1 aliphatic heterocycles. The van der Waals surface area contributed by atoms with Gasteiger partial charge in [0.05, 0.1) is 6.10 Å². The quantitative estimate of drug-likeness (QED) is 0.537. The van der Waals surface area contributed by atoms with Crippen LogP contribution in [0.25, 0.3) is 0 Å². The number of hydrogen-bond donors (Lipinski definition) is 2. The van der Waals surface area contributed by atoms with E-state index in [0.717, 1.165) is 46.0 Å². The second kappa shape index (κ2) is 10.2. The molecule has 1 fully saturated rings. The van der Waals surface area contributed by atoms with Gasteiger partial charge < -0.3 is 15.3 Å². The van der Waals surface area contributed by atoms with Crippen molar-refractivity contribution in [3.63, 3.8) is 0 Å². The maximum Gasteiger partial charge on any atom is 0.254 e. The van der Waals surface area contributed by atoms with Gasteiger partial charge in [-0.15, -0.1) is 0 Å². The fraction of sp³-hybridized carbons (Fsp3) is 0.462. The number of β-amino-alcohol motifs (C(OH)–C–C–N with tert-alkyl or cyclic N) is 1. The van der Waals surface area contributed by atoms with Crippen molar-refractivity contribution in [3.8, 4) is 0 Å². The Morgan fingerprint density at radius 3 is 2.69 bits per heavy atom. The van der Waals surface area contributed by atoms with E-state index < -0.39 is 6.10 Å². The first-order valence-electron chi connectivity index (χ1n) is 11.6. The van der Waals surface area contributed by atoms with Crippen molar-refractivity contribution in [1.82, 2.24) is 10.2 Å². The molecule has 2 aromatic carbocycles. The van der Waals surface area contributed by atoms with Gasteiger partial charge in [-0.05, 0) is 67.0 Å². The van der Waals surface area contributed by atoms with Crippen LogP contribution in [0.15, 0.2) is 46.9 Å². The Morgan fingerprint density at radius 1 is 1.22 bits per heavy atom. The number of aliphatic hydroxyl groups is 1. The summed E-state index contributed by atoms with van der Waals surface area (Å²) in [5, 5.41) is 13.8. The molecule has 2 aromatic rings. The summed E-state index contributed by atoms with van der Waals surface area (Å²) in [7, 11) is 0. The van der Waals surface area contributed by atoms with Crippen molar-refractivity contribution in [1.29, 1.82) is 0 Å². The van der Waals surface area contributed by atoms with Gasteiger partial charge in [-0.3, -0.25) is 9.59 Å². The zero-order valence-electron chi connectivity index (χ0n) is 18.5. The van der Waals surface area contributed by atoms with Crippen LogP contribution in [0.4, 0.5) is 0 Å². The molecule has 2 N–H and O–H groups in total. The molecule has 2 amide bonds. The second-order valence-corrected chi connectivity index (χ2v) is 9.92. The van der Waals surface area contributed by atoms with E-state index in [9.17, 15) is 14.7 Å². The second-order valence-electron chi connectivity index (χ2n) is 9.00. The Hall–Kier alpha value is -2.18. The predicted molar refractivity (Wildman–Crippen MR) is 128 cm³/mol. The lowest BCUT2D eigenvalue weighted by Gasteiger charge is -2.35. The summed E-state index contributed by atoms with van der Waals surface area (Å²) in [4.78, 5) is 26.8. The van der Waals surface area contributed by atoms with E-state index in [1.807, 2.05) is 36.4 Å². The number of halogens is 1. The van der Waals surface area contributed by atoms with Gasteiger partial charge in [-0.2, -0.15) is 0 Å². The molecule has 32 heavy (non-hydrogen) atoms. The number of benzene rings is 2. The molecular formula is C26H31BrN2O3. The van der Waals surface area contributed by atoms with Crippen molar-refractivity contribution in [3.05, 3.63) is 69.2 Å². The van der Waals surface area contributed by atoms with Crippen LogP contribution < -0.4 is 5.32 Å². The SMILES string of the molecule is CCC1CN(CC(O)CCc2ccccc2CNC(=O)C2CC2)C(=O)c2ccc(Br)cc21. The third-order valence-corrected chi connectivity index (χ3v) is 7.10. The molecule has 0 saturated heterocycles. The lowest BCUT2D eigenvalue weighted by molar-refractivity contribution is -0.122. The zero-order chi connectivity index (χ0) is 22.7. The van der Waals surface area contributed by atoms with E-state index in [-0.39, 0.29) is 23.7 Å². The van der Waals surface area contributed by atoms with Crippen molar-refractivity contribution >= 4 is 27.7 Å². The van der Waals surface area contributed by atoms with E-state index in [0.29, 0.717) is 32.5 Å². The minimum Gasteiger partial charge on any atom is -0.391 e. The molecule has 5 nitrogen and oxygen atoms in total.